The van der Waals surface area contributed by atoms with Gasteiger partial charge in [0.05, 0.1) is 5.56 Å². The number of rotatable bonds is 2. The highest BCUT2D eigenvalue weighted by molar-refractivity contribution is 6.31. The molecule has 3 nitrogen and oxygen atoms in total. The molecule has 1 heterocycles. The predicted octanol–water partition coefficient (Wildman–Crippen LogP) is 5.04. The molecule has 0 aliphatic rings. The first-order valence-electron chi connectivity index (χ1n) is 6.39. The Balaban J connectivity index is 1.95. The Bertz CT molecular complexity index is 839. The molecule has 0 atom stereocenters. The van der Waals surface area contributed by atoms with Crippen LogP contribution in [-0.4, -0.2) is 10.9 Å². The molecule has 3 aromatic rings. The predicted molar refractivity (Wildman–Crippen MR) is 87.5 cm³/mol. The summed E-state index contributed by atoms with van der Waals surface area (Å²) in [5, 5.41) is 4.93. The second kappa shape index (κ2) is 5.43. The van der Waals surface area contributed by atoms with Crippen molar-refractivity contribution in [3.63, 3.8) is 0 Å². The van der Waals surface area contributed by atoms with E-state index in [1.54, 1.807) is 30.5 Å². The van der Waals surface area contributed by atoms with Gasteiger partial charge in [-0.05, 0) is 48.9 Å². The van der Waals surface area contributed by atoms with Crippen molar-refractivity contribution in [1.29, 1.82) is 0 Å². The SMILES string of the molecule is Cc1cc(Cl)ccc1NC(=O)c1c[nH]c2ccc(Cl)cc12. The molecule has 0 unspecified atom stereocenters. The zero-order chi connectivity index (χ0) is 15.0. The molecule has 21 heavy (non-hydrogen) atoms. The van der Waals surface area contributed by atoms with Crippen molar-refractivity contribution in [3.05, 3.63) is 63.8 Å². The first kappa shape index (κ1) is 14.0. The van der Waals surface area contributed by atoms with E-state index in [4.69, 9.17) is 23.2 Å². The van der Waals surface area contributed by atoms with Gasteiger partial charge in [0.25, 0.3) is 5.91 Å². The third-order valence-corrected chi connectivity index (χ3v) is 3.80. The number of H-pyrrole nitrogens is 1. The molecule has 1 aromatic heterocycles. The third kappa shape index (κ3) is 2.75. The van der Waals surface area contributed by atoms with Gasteiger partial charge in [-0.15, -0.1) is 0 Å². The van der Waals surface area contributed by atoms with Gasteiger partial charge in [0.2, 0.25) is 0 Å². The summed E-state index contributed by atoms with van der Waals surface area (Å²) in [6.45, 7) is 1.90. The summed E-state index contributed by atoms with van der Waals surface area (Å²) in [5.41, 5.74) is 3.08. The molecule has 0 aliphatic carbocycles. The van der Waals surface area contributed by atoms with Gasteiger partial charge in [-0.1, -0.05) is 23.2 Å². The van der Waals surface area contributed by atoms with Crippen molar-refractivity contribution < 1.29 is 4.79 Å². The van der Waals surface area contributed by atoms with E-state index in [1.807, 2.05) is 19.1 Å². The normalized spacial score (nSPS) is 10.8. The van der Waals surface area contributed by atoms with E-state index in [2.05, 4.69) is 10.3 Å². The van der Waals surface area contributed by atoms with Gasteiger partial charge in [-0.2, -0.15) is 0 Å². The number of carbonyl (C=O) groups excluding carboxylic acids is 1. The number of nitrogens with one attached hydrogen (secondary N) is 2. The maximum atomic E-state index is 12.4. The van der Waals surface area contributed by atoms with E-state index >= 15 is 0 Å². The minimum absolute atomic E-state index is 0.186. The second-order valence-electron chi connectivity index (χ2n) is 4.81. The van der Waals surface area contributed by atoms with Crippen LogP contribution in [0.5, 0.6) is 0 Å². The highest BCUT2D eigenvalue weighted by atomic mass is 35.5. The fourth-order valence-electron chi connectivity index (χ4n) is 2.24. The molecule has 106 valence electrons. The first-order valence-corrected chi connectivity index (χ1v) is 7.14. The van der Waals surface area contributed by atoms with Crippen molar-refractivity contribution >= 4 is 45.7 Å². The maximum absolute atomic E-state index is 12.4. The van der Waals surface area contributed by atoms with Crippen LogP contribution in [0.15, 0.2) is 42.6 Å². The summed E-state index contributed by atoms with van der Waals surface area (Å²) in [7, 11) is 0. The van der Waals surface area contributed by atoms with E-state index in [-0.39, 0.29) is 5.91 Å². The molecule has 1 amide bonds. The van der Waals surface area contributed by atoms with Crippen LogP contribution in [0.1, 0.15) is 15.9 Å². The lowest BCUT2D eigenvalue weighted by Crippen LogP contribution is -2.12. The lowest BCUT2D eigenvalue weighted by molar-refractivity contribution is 0.102. The molecular weight excluding hydrogens is 307 g/mol. The molecule has 0 radical (unpaired) electrons. The lowest BCUT2D eigenvalue weighted by Gasteiger charge is -2.08. The summed E-state index contributed by atoms with van der Waals surface area (Å²) in [6.07, 6.45) is 1.68. The fourth-order valence-corrected chi connectivity index (χ4v) is 2.64. The Morgan fingerprint density at radius 3 is 2.57 bits per heavy atom. The topological polar surface area (TPSA) is 44.9 Å². The summed E-state index contributed by atoms with van der Waals surface area (Å²) in [5.74, 6) is -0.186. The van der Waals surface area contributed by atoms with Crippen LogP contribution in [0.4, 0.5) is 5.69 Å². The van der Waals surface area contributed by atoms with Crippen molar-refractivity contribution in [2.75, 3.05) is 5.32 Å². The van der Waals surface area contributed by atoms with Crippen LogP contribution in [0.2, 0.25) is 10.0 Å². The van der Waals surface area contributed by atoms with Crippen molar-refractivity contribution in [1.82, 2.24) is 4.98 Å². The minimum atomic E-state index is -0.186. The van der Waals surface area contributed by atoms with E-state index in [9.17, 15) is 4.79 Å². The summed E-state index contributed by atoms with van der Waals surface area (Å²) < 4.78 is 0. The van der Waals surface area contributed by atoms with Gasteiger partial charge in [0.1, 0.15) is 0 Å². The molecule has 5 heteroatoms. The van der Waals surface area contributed by atoms with Crippen LogP contribution in [-0.2, 0) is 0 Å². The second-order valence-corrected chi connectivity index (χ2v) is 5.68. The number of aryl methyl sites for hydroxylation is 1. The zero-order valence-corrected chi connectivity index (χ0v) is 12.7. The summed E-state index contributed by atoms with van der Waals surface area (Å²) in [6, 6.07) is 10.8. The van der Waals surface area contributed by atoms with Crippen molar-refractivity contribution in [2.45, 2.75) is 6.92 Å². The first-order chi connectivity index (χ1) is 10.0. The Hall–Kier alpha value is -1.97. The summed E-state index contributed by atoms with van der Waals surface area (Å²) in [4.78, 5) is 15.5. The van der Waals surface area contributed by atoms with Gasteiger partial charge in [-0.25, -0.2) is 0 Å². The van der Waals surface area contributed by atoms with Crippen molar-refractivity contribution in [3.8, 4) is 0 Å². The standard InChI is InChI=1S/C16H12Cl2N2O/c1-9-6-10(17)2-4-14(9)20-16(21)13-8-19-15-5-3-11(18)7-12(13)15/h2-8,19H,1H3,(H,20,21). The molecule has 0 spiro atoms. The number of hydrogen-bond donors (Lipinski definition) is 2. The number of aromatic amines is 1. The summed E-state index contributed by atoms with van der Waals surface area (Å²) >= 11 is 11.9. The Kier molecular flexibility index (Phi) is 3.62. The van der Waals surface area contributed by atoms with E-state index in [0.717, 1.165) is 22.2 Å². The van der Waals surface area contributed by atoms with Gasteiger partial charge in [-0.3, -0.25) is 4.79 Å². The number of anilines is 1. The molecule has 2 N–H and O–H groups in total. The third-order valence-electron chi connectivity index (χ3n) is 3.33. The van der Waals surface area contributed by atoms with Gasteiger partial charge < -0.3 is 10.3 Å². The van der Waals surface area contributed by atoms with Crippen LogP contribution >= 0.6 is 23.2 Å². The van der Waals surface area contributed by atoms with E-state index in [1.165, 1.54) is 0 Å². The molecular formula is C16H12Cl2N2O. The van der Waals surface area contributed by atoms with Gasteiger partial charge >= 0.3 is 0 Å². The maximum Gasteiger partial charge on any atom is 0.257 e. The fraction of sp³-hybridized carbons (Fsp3) is 0.0625. The molecule has 2 aromatic carbocycles. The van der Waals surface area contributed by atoms with E-state index in [0.29, 0.717) is 15.6 Å². The smallest absolute Gasteiger partial charge is 0.257 e. The Morgan fingerprint density at radius 1 is 1.10 bits per heavy atom. The number of carbonyl (C=O) groups is 1. The molecule has 0 bridgehead atoms. The quantitative estimate of drug-likeness (QED) is 0.683. The minimum Gasteiger partial charge on any atom is -0.360 e. The average molecular weight is 319 g/mol. The number of amides is 1. The van der Waals surface area contributed by atoms with Crippen molar-refractivity contribution in [2.24, 2.45) is 0 Å². The largest absolute Gasteiger partial charge is 0.360 e. The molecule has 0 saturated heterocycles. The Morgan fingerprint density at radius 2 is 1.81 bits per heavy atom. The monoisotopic (exact) mass is 318 g/mol. The molecule has 0 saturated carbocycles. The van der Waals surface area contributed by atoms with Crippen LogP contribution in [0, 0.1) is 6.92 Å². The zero-order valence-electron chi connectivity index (χ0n) is 11.2. The molecule has 3 rings (SSSR count). The number of halogens is 2. The van der Waals surface area contributed by atoms with Gasteiger partial charge in [0, 0.05) is 32.8 Å². The lowest BCUT2D eigenvalue weighted by atomic mass is 10.1. The van der Waals surface area contributed by atoms with Crippen LogP contribution in [0.3, 0.4) is 0 Å². The molecule has 0 aliphatic heterocycles. The number of hydrogen-bond acceptors (Lipinski definition) is 1. The van der Waals surface area contributed by atoms with Crippen LogP contribution < -0.4 is 5.32 Å². The number of fused-ring (bicyclic) bond motifs is 1. The number of benzene rings is 2. The number of aromatic nitrogens is 1. The highest BCUT2D eigenvalue weighted by Crippen LogP contribution is 2.25. The molecule has 0 fully saturated rings. The Labute approximate surface area is 131 Å². The average Bonchev–Trinajstić information content (AvgIpc) is 2.85. The highest BCUT2D eigenvalue weighted by Gasteiger charge is 2.13. The van der Waals surface area contributed by atoms with Gasteiger partial charge in [0.15, 0.2) is 0 Å². The van der Waals surface area contributed by atoms with E-state index < -0.39 is 0 Å². The van der Waals surface area contributed by atoms with Crippen LogP contribution in [0.25, 0.3) is 10.9 Å².